The molecule has 0 atom stereocenters. The Balaban J connectivity index is 1.66. The quantitative estimate of drug-likeness (QED) is 0.537. The fraction of sp³-hybridized carbons (Fsp3) is 0.381. The number of carbonyl (C=O) groups is 2. The Labute approximate surface area is 167 Å². The molecule has 0 bridgehead atoms. The van der Waals surface area contributed by atoms with Gasteiger partial charge in [-0.25, -0.2) is 9.18 Å². The molecule has 5 nitrogen and oxygen atoms in total. The van der Waals surface area contributed by atoms with Crippen LogP contribution in [0.1, 0.15) is 45.8 Å². The highest BCUT2D eigenvalue weighted by Gasteiger charge is 2.22. The lowest BCUT2D eigenvalue weighted by molar-refractivity contribution is -0.121. The number of rotatable bonds is 6. The van der Waals surface area contributed by atoms with Gasteiger partial charge in [0.2, 0.25) is 0 Å². The van der Waals surface area contributed by atoms with Gasteiger partial charge in [0.1, 0.15) is 10.7 Å². The summed E-state index contributed by atoms with van der Waals surface area (Å²) in [6.07, 6.45) is 5.43. The summed E-state index contributed by atoms with van der Waals surface area (Å²) < 4.78 is 19.3. The molecule has 0 radical (unpaired) electrons. The van der Waals surface area contributed by atoms with Gasteiger partial charge in [-0.3, -0.25) is 4.79 Å². The van der Waals surface area contributed by atoms with Crippen molar-refractivity contribution in [1.82, 2.24) is 0 Å². The van der Waals surface area contributed by atoms with Crippen LogP contribution in [-0.4, -0.2) is 25.0 Å². The molecule has 28 heavy (non-hydrogen) atoms. The molecule has 0 saturated heterocycles. The summed E-state index contributed by atoms with van der Waals surface area (Å²) in [5.41, 5.74) is 1.27. The fourth-order valence-electron chi connectivity index (χ4n) is 3.26. The Morgan fingerprint density at radius 3 is 2.79 bits per heavy atom. The number of carbonyl (C=O) groups excluding carboxylic acids is 2. The third-order valence-electron chi connectivity index (χ3n) is 4.67. The molecular formula is C21H21FN2O3S. The highest BCUT2D eigenvalue weighted by atomic mass is 32.1. The summed E-state index contributed by atoms with van der Waals surface area (Å²) >= 11 is 1.43. The molecule has 1 aliphatic rings. The molecule has 0 spiro atoms. The largest absolute Gasteiger partial charge is 0.451 e. The monoisotopic (exact) mass is 400 g/mol. The van der Waals surface area contributed by atoms with E-state index in [2.05, 4.69) is 0 Å². The van der Waals surface area contributed by atoms with E-state index in [1.54, 1.807) is 6.07 Å². The van der Waals surface area contributed by atoms with E-state index < -0.39 is 24.3 Å². The van der Waals surface area contributed by atoms with E-state index in [-0.39, 0.29) is 18.7 Å². The zero-order valence-electron chi connectivity index (χ0n) is 15.4. The average Bonchev–Trinajstić information content (AvgIpc) is 2.98. The fourth-order valence-corrected chi connectivity index (χ4v) is 4.40. The summed E-state index contributed by atoms with van der Waals surface area (Å²) in [4.78, 5) is 27.8. The van der Waals surface area contributed by atoms with Gasteiger partial charge in [0, 0.05) is 11.4 Å². The van der Waals surface area contributed by atoms with E-state index >= 15 is 0 Å². The van der Waals surface area contributed by atoms with E-state index in [9.17, 15) is 14.0 Å². The van der Waals surface area contributed by atoms with Crippen LogP contribution in [0.5, 0.6) is 0 Å². The van der Waals surface area contributed by atoms with Crippen molar-refractivity contribution in [2.75, 3.05) is 18.1 Å². The Hall–Kier alpha value is -2.72. The minimum atomic E-state index is -0.567. The predicted octanol–water partition coefficient (Wildman–Crippen LogP) is 4.26. The van der Waals surface area contributed by atoms with Crippen molar-refractivity contribution in [3.8, 4) is 6.07 Å². The van der Waals surface area contributed by atoms with Crippen molar-refractivity contribution in [2.45, 2.75) is 38.5 Å². The van der Waals surface area contributed by atoms with E-state index in [0.29, 0.717) is 4.88 Å². The zero-order valence-corrected chi connectivity index (χ0v) is 16.3. The molecule has 1 aliphatic carbocycles. The van der Waals surface area contributed by atoms with Crippen molar-refractivity contribution >= 4 is 28.9 Å². The number of aryl methyl sites for hydroxylation is 2. The van der Waals surface area contributed by atoms with Crippen LogP contribution in [0.25, 0.3) is 0 Å². The van der Waals surface area contributed by atoms with E-state index in [1.165, 1.54) is 46.4 Å². The Morgan fingerprint density at radius 2 is 2.00 bits per heavy atom. The van der Waals surface area contributed by atoms with Gasteiger partial charge >= 0.3 is 5.97 Å². The van der Waals surface area contributed by atoms with Crippen molar-refractivity contribution in [3.63, 3.8) is 0 Å². The summed E-state index contributed by atoms with van der Waals surface area (Å²) in [7, 11) is 0. The SMILES string of the molecule is N#CCCN(C(=O)COC(=O)c1cc2c(s1)CCCCC2)c1ccccc1F. The third kappa shape index (κ3) is 4.76. The molecule has 3 rings (SSSR count). The number of thiophene rings is 1. The van der Waals surface area contributed by atoms with Crippen LogP contribution in [0.2, 0.25) is 0 Å². The molecule has 146 valence electrons. The number of para-hydroxylation sites is 1. The number of halogens is 1. The van der Waals surface area contributed by atoms with Crippen LogP contribution in [0.4, 0.5) is 10.1 Å². The van der Waals surface area contributed by atoms with Gasteiger partial charge in [-0.2, -0.15) is 5.26 Å². The highest BCUT2D eigenvalue weighted by Crippen LogP contribution is 2.29. The second kappa shape index (κ2) is 9.47. The second-order valence-corrected chi connectivity index (χ2v) is 7.74. The number of amides is 1. The van der Waals surface area contributed by atoms with Crippen LogP contribution >= 0.6 is 11.3 Å². The first-order chi connectivity index (χ1) is 13.6. The van der Waals surface area contributed by atoms with Gasteiger partial charge in [0.05, 0.1) is 18.2 Å². The van der Waals surface area contributed by atoms with Gasteiger partial charge in [0.15, 0.2) is 6.61 Å². The first-order valence-electron chi connectivity index (χ1n) is 9.30. The van der Waals surface area contributed by atoms with Crippen LogP contribution in [-0.2, 0) is 22.4 Å². The summed E-state index contributed by atoms with van der Waals surface area (Å²) in [6.45, 7) is -0.470. The maximum absolute atomic E-state index is 14.1. The smallest absolute Gasteiger partial charge is 0.348 e. The molecule has 1 amide bonds. The molecule has 2 aromatic rings. The third-order valence-corrected chi connectivity index (χ3v) is 5.88. The van der Waals surface area contributed by atoms with Crippen molar-refractivity contribution in [1.29, 1.82) is 5.26 Å². The molecule has 1 heterocycles. The summed E-state index contributed by atoms with van der Waals surface area (Å²) in [5, 5.41) is 8.81. The molecular weight excluding hydrogens is 379 g/mol. The van der Waals surface area contributed by atoms with Crippen LogP contribution < -0.4 is 4.90 Å². The Bertz CT molecular complexity index is 880. The summed E-state index contributed by atoms with van der Waals surface area (Å²) in [6, 6.07) is 9.64. The van der Waals surface area contributed by atoms with Crippen LogP contribution in [0.15, 0.2) is 30.3 Å². The first-order valence-corrected chi connectivity index (χ1v) is 10.1. The van der Waals surface area contributed by atoms with Crippen LogP contribution in [0, 0.1) is 17.1 Å². The van der Waals surface area contributed by atoms with E-state index in [1.807, 2.05) is 12.1 Å². The van der Waals surface area contributed by atoms with Gasteiger partial charge in [-0.15, -0.1) is 11.3 Å². The normalized spacial score (nSPS) is 13.1. The van der Waals surface area contributed by atoms with Crippen molar-refractivity contribution in [3.05, 3.63) is 51.5 Å². The lowest BCUT2D eigenvalue weighted by atomic mass is 10.1. The van der Waals surface area contributed by atoms with E-state index in [0.717, 1.165) is 30.6 Å². The first kappa shape index (κ1) is 20.0. The number of nitriles is 1. The molecule has 7 heteroatoms. The lowest BCUT2D eigenvalue weighted by Crippen LogP contribution is -2.36. The number of benzene rings is 1. The average molecular weight is 400 g/mol. The topological polar surface area (TPSA) is 70.4 Å². The number of hydrogen-bond donors (Lipinski definition) is 0. The number of anilines is 1. The number of hydrogen-bond acceptors (Lipinski definition) is 5. The minimum Gasteiger partial charge on any atom is -0.451 e. The number of nitrogens with zero attached hydrogens (tertiary/aromatic N) is 2. The van der Waals surface area contributed by atoms with Gasteiger partial charge in [-0.05, 0) is 49.4 Å². The molecule has 1 aromatic carbocycles. The van der Waals surface area contributed by atoms with Crippen molar-refractivity contribution < 1.29 is 18.7 Å². The predicted molar refractivity (Wildman–Crippen MR) is 105 cm³/mol. The standard InChI is InChI=1S/C21H21FN2O3S/c22-16-8-4-5-9-17(16)24(12-6-11-23)20(25)14-27-21(26)19-13-15-7-2-1-3-10-18(15)28-19/h4-5,8-9,13H,1-3,6-7,10,12,14H2. The zero-order chi connectivity index (χ0) is 19.9. The maximum atomic E-state index is 14.1. The molecule has 1 aromatic heterocycles. The number of ether oxygens (including phenoxy) is 1. The lowest BCUT2D eigenvalue weighted by Gasteiger charge is -2.22. The number of fused-ring (bicyclic) bond motifs is 1. The highest BCUT2D eigenvalue weighted by molar-refractivity contribution is 7.14. The summed E-state index contributed by atoms with van der Waals surface area (Å²) in [5.74, 6) is -1.67. The van der Waals surface area contributed by atoms with Gasteiger partial charge < -0.3 is 9.64 Å². The second-order valence-electron chi connectivity index (χ2n) is 6.60. The minimum absolute atomic E-state index is 0.0289. The van der Waals surface area contributed by atoms with Crippen molar-refractivity contribution in [2.24, 2.45) is 0 Å². The molecule has 0 saturated carbocycles. The molecule has 0 aliphatic heterocycles. The Morgan fingerprint density at radius 1 is 1.21 bits per heavy atom. The Kier molecular flexibility index (Phi) is 6.77. The molecule has 0 unspecified atom stereocenters. The molecule has 0 fully saturated rings. The van der Waals surface area contributed by atoms with Crippen LogP contribution in [0.3, 0.4) is 0 Å². The van der Waals surface area contributed by atoms with Gasteiger partial charge in [-0.1, -0.05) is 18.6 Å². The van der Waals surface area contributed by atoms with Gasteiger partial charge in [0.25, 0.3) is 5.91 Å². The number of esters is 1. The molecule has 0 N–H and O–H groups in total. The van der Waals surface area contributed by atoms with E-state index in [4.69, 9.17) is 10.00 Å². The maximum Gasteiger partial charge on any atom is 0.348 e.